The highest BCUT2D eigenvalue weighted by Gasteiger charge is 2.45. The van der Waals surface area contributed by atoms with Crippen LogP contribution in [0.3, 0.4) is 0 Å². The molecule has 0 aromatic carbocycles. The average Bonchev–Trinajstić information content (AvgIpc) is 2.70. The number of hydroxylamine groups is 2. The molecule has 0 amide bonds. The third-order valence-corrected chi connectivity index (χ3v) is 2.22. The van der Waals surface area contributed by atoms with Gasteiger partial charge < -0.3 is 9.74 Å². The van der Waals surface area contributed by atoms with Gasteiger partial charge >= 0.3 is 0 Å². The summed E-state index contributed by atoms with van der Waals surface area (Å²) in [6, 6.07) is 0. The van der Waals surface area contributed by atoms with Crippen molar-refractivity contribution in [2.24, 2.45) is 0 Å². The maximum absolute atomic E-state index is 5.20. The lowest BCUT2D eigenvalue weighted by atomic mass is 10.2. The second-order valence-corrected chi connectivity index (χ2v) is 2.98. The summed E-state index contributed by atoms with van der Waals surface area (Å²) in [7, 11) is 0. The summed E-state index contributed by atoms with van der Waals surface area (Å²) in [6.07, 6.45) is 4.98. The first-order valence-corrected chi connectivity index (χ1v) is 4.31. The van der Waals surface area contributed by atoms with Crippen LogP contribution < -0.4 is 0 Å². The Bertz CT molecular complexity index is 191. The molecule has 0 saturated carbocycles. The molecule has 1 saturated heterocycles. The summed E-state index contributed by atoms with van der Waals surface area (Å²) in [4.78, 5) is 7.52. The van der Waals surface area contributed by atoms with E-state index >= 15 is 0 Å². The number of hydrogen-bond acceptors (Lipinski definition) is 3. The summed E-state index contributed by atoms with van der Waals surface area (Å²) < 4.78 is 0. The molecule has 0 radical (unpaired) electrons. The highest BCUT2D eigenvalue weighted by Crippen LogP contribution is 2.38. The first-order valence-electron chi connectivity index (χ1n) is 4.31. The van der Waals surface area contributed by atoms with Gasteiger partial charge in [0.1, 0.15) is 6.17 Å². The third-order valence-electron chi connectivity index (χ3n) is 2.22. The number of rotatable bonds is 3. The molecule has 2 rings (SSSR count). The van der Waals surface area contributed by atoms with Crippen molar-refractivity contribution >= 4 is 0 Å². The highest BCUT2D eigenvalue weighted by molar-refractivity contribution is 5.08. The molecule has 2 heterocycles. The molecule has 62 valence electrons. The van der Waals surface area contributed by atoms with Crippen molar-refractivity contribution in [3.8, 4) is 0 Å². The Morgan fingerprint density at radius 1 is 1.55 bits per heavy atom. The Kier molecular flexibility index (Phi) is 1.44. The Morgan fingerprint density at radius 2 is 2.36 bits per heavy atom. The first kappa shape index (κ1) is 6.83. The lowest BCUT2D eigenvalue weighted by Gasteiger charge is -2.23. The van der Waals surface area contributed by atoms with Crippen LogP contribution in [0.25, 0.3) is 0 Å². The van der Waals surface area contributed by atoms with Crippen molar-refractivity contribution in [3.63, 3.8) is 0 Å². The van der Waals surface area contributed by atoms with Crippen molar-refractivity contribution in [1.29, 1.82) is 0 Å². The van der Waals surface area contributed by atoms with Crippen molar-refractivity contribution in [2.75, 3.05) is 6.54 Å². The fraction of sp³-hybridized carbons (Fsp3) is 0.750. The molecule has 0 bridgehead atoms. The molecule has 2 aliphatic heterocycles. The van der Waals surface area contributed by atoms with Crippen LogP contribution in [0.1, 0.15) is 26.7 Å². The topological polar surface area (TPSA) is 18.8 Å². The van der Waals surface area contributed by atoms with E-state index in [-0.39, 0.29) is 0 Å². The lowest BCUT2D eigenvalue weighted by molar-refractivity contribution is 0.0522. The number of fused-ring (bicyclic) bond motifs is 1. The molecule has 1 fully saturated rings. The van der Waals surface area contributed by atoms with E-state index in [0.717, 1.165) is 12.4 Å². The predicted molar refractivity (Wildman–Crippen MR) is 42.1 cm³/mol. The standard InChI is InChI=1S/C8H14N2O/c1-3-5-7-9(4-2)6-8-10(7)11-8/h6-7H,3-5H2,1-2H3. The molecule has 0 spiro atoms. The third kappa shape index (κ3) is 0.951. The maximum Gasteiger partial charge on any atom is 0.273 e. The Hall–Kier alpha value is -0.860. The van der Waals surface area contributed by atoms with Crippen LogP contribution in [0.2, 0.25) is 0 Å². The second-order valence-electron chi connectivity index (χ2n) is 2.98. The number of nitrogens with zero attached hydrogens (tertiary/aromatic N) is 2. The minimum Gasteiger partial charge on any atom is -0.352 e. The molecule has 0 N–H and O–H groups in total. The molecule has 11 heavy (non-hydrogen) atoms. The van der Waals surface area contributed by atoms with Gasteiger partial charge in [0, 0.05) is 6.54 Å². The van der Waals surface area contributed by atoms with Gasteiger partial charge in [-0.2, -0.15) is 0 Å². The van der Waals surface area contributed by atoms with E-state index in [1.165, 1.54) is 12.8 Å². The minimum absolute atomic E-state index is 0.486. The van der Waals surface area contributed by atoms with Gasteiger partial charge in [-0.1, -0.05) is 13.3 Å². The van der Waals surface area contributed by atoms with Gasteiger partial charge in [0.2, 0.25) is 0 Å². The van der Waals surface area contributed by atoms with E-state index in [1.807, 2.05) is 5.06 Å². The fourth-order valence-corrected chi connectivity index (χ4v) is 1.57. The van der Waals surface area contributed by atoms with Crippen molar-refractivity contribution in [3.05, 3.63) is 12.1 Å². The van der Waals surface area contributed by atoms with Gasteiger partial charge in [-0.3, -0.25) is 0 Å². The van der Waals surface area contributed by atoms with Crippen LogP contribution in [0, 0.1) is 0 Å². The molecule has 2 aliphatic rings. The number of hydrogen-bond donors (Lipinski definition) is 0. The van der Waals surface area contributed by atoms with Crippen LogP contribution in [0.5, 0.6) is 0 Å². The summed E-state index contributed by atoms with van der Waals surface area (Å²) in [6.45, 7) is 5.45. The summed E-state index contributed by atoms with van der Waals surface area (Å²) in [5, 5.41) is 1.99. The molecule has 0 aliphatic carbocycles. The zero-order valence-corrected chi connectivity index (χ0v) is 7.08. The molecule has 0 aromatic rings. The van der Waals surface area contributed by atoms with Crippen LogP contribution in [-0.2, 0) is 4.84 Å². The zero-order valence-electron chi connectivity index (χ0n) is 7.08. The largest absolute Gasteiger partial charge is 0.352 e. The molecular formula is C8H14N2O. The van der Waals surface area contributed by atoms with Gasteiger partial charge in [0.15, 0.2) is 0 Å². The molecule has 3 nitrogen and oxygen atoms in total. The molecule has 0 aromatic heterocycles. The minimum atomic E-state index is 0.486. The predicted octanol–water partition coefficient (Wildman–Crippen LogP) is 1.49. The zero-order chi connectivity index (χ0) is 7.84. The maximum atomic E-state index is 5.20. The van der Waals surface area contributed by atoms with E-state index < -0.39 is 0 Å². The lowest BCUT2D eigenvalue weighted by Crippen LogP contribution is -2.33. The van der Waals surface area contributed by atoms with E-state index in [0.29, 0.717) is 6.17 Å². The average molecular weight is 154 g/mol. The van der Waals surface area contributed by atoms with E-state index in [4.69, 9.17) is 4.84 Å². The van der Waals surface area contributed by atoms with Gasteiger partial charge in [0.25, 0.3) is 5.88 Å². The van der Waals surface area contributed by atoms with Gasteiger partial charge in [-0.05, 0) is 13.3 Å². The summed E-state index contributed by atoms with van der Waals surface area (Å²) >= 11 is 0. The van der Waals surface area contributed by atoms with Crippen molar-refractivity contribution < 1.29 is 4.84 Å². The smallest absolute Gasteiger partial charge is 0.273 e. The second kappa shape index (κ2) is 2.32. The van der Waals surface area contributed by atoms with Crippen LogP contribution >= 0.6 is 0 Å². The normalized spacial score (nSPS) is 26.4. The van der Waals surface area contributed by atoms with E-state index in [1.54, 1.807) is 0 Å². The summed E-state index contributed by atoms with van der Waals surface area (Å²) in [5.74, 6) is 1.05. The van der Waals surface area contributed by atoms with E-state index in [9.17, 15) is 0 Å². The molecule has 1 unspecified atom stereocenters. The van der Waals surface area contributed by atoms with Crippen LogP contribution in [-0.4, -0.2) is 22.7 Å². The SMILES string of the molecule is CCCC1N(CC)C=C2ON21. The molecule has 1 atom stereocenters. The van der Waals surface area contributed by atoms with E-state index in [2.05, 4.69) is 24.9 Å². The Balaban J connectivity index is 1.99. The van der Waals surface area contributed by atoms with Crippen LogP contribution in [0.4, 0.5) is 0 Å². The Morgan fingerprint density at radius 3 is 3.00 bits per heavy atom. The fourth-order valence-electron chi connectivity index (χ4n) is 1.57. The monoisotopic (exact) mass is 154 g/mol. The van der Waals surface area contributed by atoms with Gasteiger partial charge in [-0.15, -0.1) is 5.06 Å². The molecular weight excluding hydrogens is 140 g/mol. The first-order chi connectivity index (χ1) is 5.36. The van der Waals surface area contributed by atoms with Crippen molar-refractivity contribution in [1.82, 2.24) is 9.96 Å². The van der Waals surface area contributed by atoms with Gasteiger partial charge in [0.05, 0.1) is 6.20 Å². The Labute approximate surface area is 67.2 Å². The highest BCUT2D eigenvalue weighted by atomic mass is 16.8. The quantitative estimate of drug-likeness (QED) is 0.574. The van der Waals surface area contributed by atoms with Crippen LogP contribution in [0.15, 0.2) is 12.1 Å². The summed E-state index contributed by atoms with van der Waals surface area (Å²) in [5.41, 5.74) is 0. The van der Waals surface area contributed by atoms with Crippen molar-refractivity contribution in [2.45, 2.75) is 32.9 Å². The molecule has 3 heteroatoms. The van der Waals surface area contributed by atoms with Gasteiger partial charge in [-0.25, -0.2) is 0 Å².